The Morgan fingerprint density at radius 3 is 2.50 bits per heavy atom. The van der Waals surface area contributed by atoms with E-state index in [0.717, 1.165) is 6.08 Å². The summed E-state index contributed by atoms with van der Waals surface area (Å²) >= 11 is 0. The second-order valence-corrected chi connectivity index (χ2v) is 4.26. The number of hydrogen-bond donors (Lipinski definition) is 2. The van der Waals surface area contributed by atoms with Gasteiger partial charge in [0.05, 0.1) is 5.75 Å². The molecule has 14 heavy (non-hydrogen) atoms. The van der Waals surface area contributed by atoms with Gasteiger partial charge in [-0.05, 0) is 19.4 Å². The van der Waals surface area contributed by atoms with Gasteiger partial charge in [-0.25, -0.2) is 0 Å². The molecule has 0 aromatic carbocycles. The first kappa shape index (κ1) is 16.5. The van der Waals surface area contributed by atoms with Gasteiger partial charge in [-0.3, -0.25) is 9.35 Å². The van der Waals surface area contributed by atoms with Crippen LogP contribution in [0.3, 0.4) is 0 Å². The van der Waals surface area contributed by atoms with E-state index in [4.69, 9.17) is 4.55 Å². The number of nitrogens with one attached hydrogen (secondary N) is 1. The van der Waals surface area contributed by atoms with Crippen molar-refractivity contribution in [1.29, 1.82) is 0 Å². The summed E-state index contributed by atoms with van der Waals surface area (Å²) in [5.41, 5.74) is 0. The minimum absolute atomic E-state index is 0. The summed E-state index contributed by atoms with van der Waals surface area (Å²) < 4.78 is 29.0. The van der Waals surface area contributed by atoms with E-state index in [1.165, 1.54) is 0 Å². The van der Waals surface area contributed by atoms with Gasteiger partial charge in [0.1, 0.15) is 0 Å². The monoisotopic (exact) mass is 230 g/mol. The van der Waals surface area contributed by atoms with Crippen LogP contribution >= 0.6 is 0 Å². The van der Waals surface area contributed by atoms with Crippen molar-refractivity contribution in [3.63, 3.8) is 0 Å². The van der Waals surface area contributed by atoms with E-state index in [-0.39, 0.29) is 53.7 Å². The predicted octanol–water partition coefficient (Wildman–Crippen LogP) is -0.426. The van der Waals surface area contributed by atoms with E-state index in [1.807, 2.05) is 0 Å². The van der Waals surface area contributed by atoms with Crippen LogP contribution in [0.2, 0.25) is 0 Å². The molecular weight excluding hydrogens is 217 g/mol. The maximum atomic E-state index is 10.7. The van der Waals surface area contributed by atoms with Gasteiger partial charge in [0.15, 0.2) is 0 Å². The molecule has 1 unspecified atom stereocenters. The summed E-state index contributed by atoms with van der Waals surface area (Å²) in [6.45, 7) is 4.89. The van der Waals surface area contributed by atoms with E-state index in [9.17, 15) is 13.2 Å². The molecule has 0 aliphatic heterocycles. The third-order valence-electron chi connectivity index (χ3n) is 1.38. The molecule has 0 heterocycles. The Morgan fingerprint density at radius 2 is 2.14 bits per heavy atom. The molecule has 0 spiro atoms. The van der Waals surface area contributed by atoms with Crippen LogP contribution in [0.25, 0.3) is 0 Å². The number of rotatable bonds is 5. The van der Waals surface area contributed by atoms with Crippen LogP contribution in [-0.4, -0.2) is 60.2 Å². The molecule has 0 aromatic rings. The molecule has 0 saturated carbocycles. The van der Waals surface area contributed by atoms with Crippen LogP contribution < -0.4 is 5.32 Å². The number of amides is 1. The van der Waals surface area contributed by atoms with Crippen molar-refractivity contribution >= 4 is 45.6 Å². The topological polar surface area (TPSA) is 83.5 Å². The molecule has 7 heteroatoms. The Kier molecular flexibility index (Phi) is 8.77. The van der Waals surface area contributed by atoms with Gasteiger partial charge in [0.2, 0.25) is 5.91 Å². The number of carbonyl (C=O) groups is 1. The van der Waals surface area contributed by atoms with E-state index >= 15 is 0 Å². The van der Waals surface area contributed by atoms with Crippen LogP contribution in [0.15, 0.2) is 12.7 Å². The fourth-order valence-electron chi connectivity index (χ4n) is 0.700. The fraction of sp³-hybridized carbons (Fsp3) is 0.571. The minimum Gasteiger partial charge on any atom is -0.350 e. The molecule has 0 fully saturated rings. The van der Waals surface area contributed by atoms with Crippen molar-refractivity contribution in [1.82, 2.24) is 5.32 Å². The van der Waals surface area contributed by atoms with Crippen LogP contribution in [0.5, 0.6) is 0 Å². The first-order valence-electron chi connectivity index (χ1n) is 3.73. The van der Waals surface area contributed by atoms with Gasteiger partial charge in [-0.2, -0.15) is 8.42 Å². The van der Waals surface area contributed by atoms with Crippen LogP contribution in [0, 0.1) is 0 Å². The Morgan fingerprint density at radius 1 is 1.64 bits per heavy atom. The number of carbonyl (C=O) groups excluding carboxylic acids is 1. The summed E-state index contributed by atoms with van der Waals surface area (Å²) in [5.74, 6) is -0.714. The van der Waals surface area contributed by atoms with Crippen molar-refractivity contribution in [2.75, 3.05) is 5.75 Å². The largest absolute Gasteiger partial charge is 0.350 e. The Hall–Kier alpha value is 0.120. The quantitative estimate of drug-likeness (QED) is 0.381. The Balaban J connectivity index is 0. The zero-order valence-corrected chi connectivity index (χ0v) is 11.2. The Bertz CT molecular complexity index is 288. The predicted molar refractivity (Wildman–Crippen MR) is 54.6 cm³/mol. The van der Waals surface area contributed by atoms with Crippen LogP contribution in [-0.2, 0) is 14.9 Å². The second-order valence-electron chi connectivity index (χ2n) is 2.69. The molecule has 2 N–H and O–H groups in total. The van der Waals surface area contributed by atoms with Crippen molar-refractivity contribution in [2.24, 2.45) is 0 Å². The van der Waals surface area contributed by atoms with E-state index in [2.05, 4.69) is 11.9 Å². The van der Waals surface area contributed by atoms with E-state index in [0.29, 0.717) is 0 Å². The molecule has 0 rings (SSSR count). The summed E-state index contributed by atoms with van der Waals surface area (Å²) in [6, 6.07) is -0.299. The maximum Gasteiger partial charge on any atom is 0.264 e. The van der Waals surface area contributed by atoms with Gasteiger partial charge >= 0.3 is 0 Å². The normalized spacial score (nSPS) is 12.4. The molecule has 1 atom stereocenters. The smallest absolute Gasteiger partial charge is 0.264 e. The fourth-order valence-corrected chi connectivity index (χ4v) is 1.35. The average molecular weight is 230 g/mol. The molecule has 0 saturated heterocycles. The van der Waals surface area contributed by atoms with Gasteiger partial charge in [0, 0.05) is 35.6 Å². The summed E-state index contributed by atoms with van der Waals surface area (Å²) in [5, 5.41) is 2.47. The summed E-state index contributed by atoms with van der Waals surface area (Å²) in [4.78, 5) is 10.7. The van der Waals surface area contributed by atoms with Gasteiger partial charge < -0.3 is 5.32 Å². The minimum atomic E-state index is -3.94. The molecule has 1 radical (unpaired) electrons. The van der Waals surface area contributed by atoms with E-state index in [1.54, 1.807) is 6.92 Å². The van der Waals surface area contributed by atoms with Gasteiger partial charge in [-0.1, -0.05) is 6.58 Å². The summed E-state index contributed by atoms with van der Waals surface area (Å²) in [7, 11) is -3.94. The van der Waals surface area contributed by atoms with E-state index < -0.39 is 10.1 Å². The molecule has 0 aliphatic rings. The molecule has 0 bridgehead atoms. The van der Waals surface area contributed by atoms with Crippen LogP contribution in [0.4, 0.5) is 0 Å². The molecule has 0 aromatic heterocycles. The molecule has 1 amide bonds. The van der Waals surface area contributed by atoms with Crippen molar-refractivity contribution in [2.45, 2.75) is 19.4 Å². The third-order valence-corrected chi connectivity index (χ3v) is 2.13. The second kappa shape index (κ2) is 7.42. The van der Waals surface area contributed by atoms with Crippen molar-refractivity contribution in [3.8, 4) is 0 Å². The van der Waals surface area contributed by atoms with Crippen molar-refractivity contribution < 1.29 is 17.8 Å². The molecule has 77 valence electrons. The third kappa shape index (κ3) is 10.2. The molecule has 0 aliphatic carbocycles. The molecule has 5 nitrogen and oxygen atoms in total. The first-order valence-corrected chi connectivity index (χ1v) is 5.34. The zero-order chi connectivity index (χ0) is 10.5. The first-order chi connectivity index (χ1) is 5.85. The maximum absolute atomic E-state index is 10.7. The van der Waals surface area contributed by atoms with Gasteiger partial charge in [-0.15, -0.1) is 0 Å². The van der Waals surface area contributed by atoms with Crippen LogP contribution in [0.1, 0.15) is 13.3 Å². The standard InChI is InChI=1S/C7H13NO4S.Na/c1-3-7(9)8-6(2)4-5-13(10,11)12;/h3,6H,1,4-5H2,2H3,(H,8,9)(H,10,11,12);. The molecular formula is C7H13NNaO4S. The summed E-state index contributed by atoms with van der Waals surface area (Å²) in [6.07, 6.45) is 1.28. The van der Waals surface area contributed by atoms with Gasteiger partial charge in [0.25, 0.3) is 10.1 Å². The SMILES string of the molecule is C=CC(=O)NC(C)CCS(=O)(=O)O.[Na]. The zero-order valence-electron chi connectivity index (χ0n) is 8.36. The van der Waals surface area contributed by atoms with Crippen molar-refractivity contribution in [3.05, 3.63) is 12.7 Å². The Labute approximate surface area is 106 Å². The number of hydrogen-bond acceptors (Lipinski definition) is 3. The average Bonchev–Trinajstić information content (AvgIpc) is 1.99.